The minimum atomic E-state index is -4.63. The average Bonchev–Trinajstić information content (AvgIpc) is 3.84. The smallest absolute Gasteiger partial charge is 0.422 e. The number of hydrogen-bond acceptors (Lipinski definition) is 7. The second-order valence-electron chi connectivity index (χ2n) is 11.6. The Morgan fingerprint density at radius 2 is 1.61 bits per heavy atom. The van der Waals surface area contributed by atoms with Gasteiger partial charge in [-0.2, -0.15) is 13.2 Å². The number of nitrogens with one attached hydrogen (secondary N) is 1. The van der Waals surface area contributed by atoms with Crippen LogP contribution in [0.5, 0.6) is 17.2 Å². The molecule has 4 N–H and O–H groups in total. The molecule has 12 heteroatoms. The van der Waals surface area contributed by atoms with Gasteiger partial charge >= 0.3 is 6.18 Å². The topological polar surface area (TPSA) is 116 Å². The van der Waals surface area contributed by atoms with Gasteiger partial charge in [-0.15, -0.1) is 0 Å². The molecule has 3 fully saturated rings. The predicted octanol–water partition coefficient (Wildman–Crippen LogP) is 5.40. The van der Waals surface area contributed by atoms with Crippen LogP contribution < -0.4 is 25.3 Å². The average molecular weight is 616 g/mol. The van der Waals surface area contributed by atoms with Gasteiger partial charge in [0.2, 0.25) is 0 Å². The Balaban J connectivity index is 1.29. The zero-order valence-electron chi connectivity index (χ0n) is 23.8. The molecule has 8 nitrogen and oxygen atoms in total. The Labute approximate surface area is 251 Å². The molecule has 3 aromatic rings. The maximum absolute atomic E-state index is 13.7. The van der Waals surface area contributed by atoms with Crippen molar-refractivity contribution in [1.29, 1.82) is 0 Å². The highest BCUT2D eigenvalue weighted by Crippen LogP contribution is 2.47. The number of nitrogens with zero attached hydrogens (tertiary/aromatic N) is 1. The van der Waals surface area contributed by atoms with E-state index in [0.29, 0.717) is 29.9 Å². The third-order valence-corrected chi connectivity index (χ3v) is 7.82. The van der Waals surface area contributed by atoms with E-state index in [9.17, 15) is 27.5 Å². The van der Waals surface area contributed by atoms with Crippen molar-refractivity contribution in [3.8, 4) is 28.5 Å². The summed E-state index contributed by atoms with van der Waals surface area (Å²) in [5.41, 5.74) is 5.14. The fraction of sp³-hybridized carbons (Fsp3) is 0.438. The Morgan fingerprint density at radius 3 is 2.20 bits per heavy atom. The molecular weight excluding hydrogens is 582 g/mol. The molecule has 1 atom stereocenters. The van der Waals surface area contributed by atoms with Gasteiger partial charge in [0.05, 0.1) is 24.4 Å². The quantitative estimate of drug-likeness (QED) is 0.221. The van der Waals surface area contributed by atoms with Crippen LogP contribution in [0.1, 0.15) is 60.1 Å². The molecule has 3 aliphatic rings. The monoisotopic (exact) mass is 615 g/mol. The number of hydrogen-bond donors (Lipinski definition) is 3. The van der Waals surface area contributed by atoms with E-state index in [1.165, 1.54) is 18.2 Å². The molecule has 0 bridgehead atoms. The molecule has 1 amide bonds. The van der Waals surface area contributed by atoms with E-state index in [2.05, 4.69) is 10.3 Å². The van der Waals surface area contributed by atoms with E-state index in [4.69, 9.17) is 19.9 Å². The Bertz CT molecular complexity index is 1520. The van der Waals surface area contributed by atoms with E-state index in [1.54, 1.807) is 18.2 Å². The molecule has 234 valence electrons. The summed E-state index contributed by atoms with van der Waals surface area (Å²) in [6.07, 6.45) is 0.739. The Morgan fingerprint density at radius 1 is 0.955 bits per heavy atom. The van der Waals surface area contributed by atoms with Crippen molar-refractivity contribution < 1.29 is 41.7 Å². The molecule has 2 aromatic carbocycles. The molecule has 0 spiro atoms. The lowest BCUT2D eigenvalue weighted by Gasteiger charge is -2.30. The Kier molecular flexibility index (Phi) is 8.14. The number of carbonyl (C=O) groups excluding carboxylic acids is 1. The summed E-state index contributed by atoms with van der Waals surface area (Å²) in [5.74, 6) is -0.393. The highest BCUT2D eigenvalue weighted by Gasteiger charge is 2.47. The van der Waals surface area contributed by atoms with Crippen LogP contribution in [0.2, 0.25) is 0 Å². The first-order valence-corrected chi connectivity index (χ1v) is 14.7. The minimum absolute atomic E-state index is 0.0225. The summed E-state index contributed by atoms with van der Waals surface area (Å²) >= 11 is 0. The van der Waals surface area contributed by atoms with Crippen molar-refractivity contribution in [1.82, 2.24) is 10.3 Å². The van der Waals surface area contributed by atoms with Gasteiger partial charge < -0.3 is 30.4 Å². The van der Waals surface area contributed by atoms with Crippen molar-refractivity contribution >= 4 is 5.91 Å². The number of ether oxygens (including phenoxy) is 3. The SMILES string of the molecule is NCc1cc([C@@](O)(CNC(=O)c2ccc(OC3CC3)c(OC3CC3)c2)C2CC2)nc(-c2ccc(F)cc2)c1OCC(F)(F)F. The summed E-state index contributed by atoms with van der Waals surface area (Å²) < 4.78 is 70.1. The lowest BCUT2D eigenvalue weighted by molar-refractivity contribution is -0.153. The number of benzene rings is 2. The number of alkyl halides is 3. The molecule has 6 rings (SSSR count). The number of amides is 1. The zero-order chi connectivity index (χ0) is 31.1. The van der Waals surface area contributed by atoms with Crippen molar-refractivity contribution in [2.45, 2.75) is 69.1 Å². The number of aromatic nitrogens is 1. The van der Waals surface area contributed by atoms with E-state index in [1.807, 2.05) is 0 Å². The number of carbonyl (C=O) groups is 1. The second-order valence-corrected chi connectivity index (χ2v) is 11.6. The third kappa shape index (κ3) is 7.07. The predicted molar refractivity (Wildman–Crippen MR) is 152 cm³/mol. The van der Waals surface area contributed by atoms with Gasteiger partial charge in [-0.3, -0.25) is 4.79 Å². The van der Waals surface area contributed by atoms with Crippen LogP contribution in [-0.4, -0.2) is 47.5 Å². The van der Waals surface area contributed by atoms with Gasteiger partial charge in [-0.05, 0) is 93.0 Å². The maximum atomic E-state index is 13.7. The van der Waals surface area contributed by atoms with Gasteiger partial charge in [0.1, 0.15) is 17.1 Å². The number of halogens is 4. The molecule has 3 saturated carbocycles. The highest BCUT2D eigenvalue weighted by atomic mass is 19.4. The second kappa shape index (κ2) is 11.9. The standard InChI is InChI=1S/C32H33F4N3O5/c33-22-6-1-18(2-7-22)28-29(42-17-32(34,35)36)20(15-37)14-27(39-28)31(41,21-4-5-21)16-38-30(40)19-3-12-25(43-23-8-9-23)26(13-19)44-24-10-11-24/h1-3,6-7,12-14,21,23-24,41H,4-5,8-11,15-17,37H2,(H,38,40)/t31-/m1/s1. The highest BCUT2D eigenvalue weighted by molar-refractivity contribution is 5.95. The van der Waals surface area contributed by atoms with Gasteiger partial charge in [-0.25, -0.2) is 9.37 Å². The lowest BCUT2D eigenvalue weighted by Crippen LogP contribution is -2.43. The van der Waals surface area contributed by atoms with E-state index >= 15 is 0 Å². The van der Waals surface area contributed by atoms with Crippen LogP contribution in [0.3, 0.4) is 0 Å². The molecule has 44 heavy (non-hydrogen) atoms. The van der Waals surface area contributed by atoms with Crippen LogP contribution in [0.25, 0.3) is 11.3 Å². The molecule has 1 heterocycles. The largest absolute Gasteiger partial charge is 0.487 e. The molecule has 0 unspecified atom stereocenters. The van der Waals surface area contributed by atoms with Crippen LogP contribution >= 0.6 is 0 Å². The van der Waals surface area contributed by atoms with E-state index < -0.39 is 30.1 Å². The first kappa shape index (κ1) is 30.1. The van der Waals surface area contributed by atoms with Gasteiger partial charge in [0.25, 0.3) is 5.91 Å². The van der Waals surface area contributed by atoms with E-state index in [0.717, 1.165) is 37.8 Å². The third-order valence-electron chi connectivity index (χ3n) is 7.82. The molecule has 1 aromatic heterocycles. The summed E-state index contributed by atoms with van der Waals surface area (Å²) in [5, 5.41) is 14.8. The number of rotatable bonds is 13. The van der Waals surface area contributed by atoms with Gasteiger partial charge in [0.15, 0.2) is 23.9 Å². The van der Waals surface area contributed by atoms with Gasteiger partial charge in [0, 0.05) is 23.2 Å². The lowest BCUT2D eigenvalue weighted by atomic mass is 9.90. The van der Waals surface area contributed by atoms with Crippen molar-refractivity contribution in [2.24, 2.45) is 11.7 Å². The Hall–Kier alpha value is -3.90. The molecule has 0 saturated heterocycles. The fourth-order valence-corrected chi connectivity index (χ4v) is 4.97. The zero-order valence-corrected chi connectivity index (χ0v) is 23.8. The number of nitrogens with two attached hydrogens (primary N) is 1. The summed E-state index contributed by atoms with van der Waals surface area (Å²) in [4.78, 5) is 17.9. The van der Waals surface area contributed by atoms with Crippen molar-refractivity contribution in [2.75, 3.05) is 13.2 Å². The summed E-state index contributed by atoms with van der Waals surface area (Å²) in [7, 11) is 0. The molecule has 0 aliphatic heterocycles. The normalized spacial score (nSPS) is 18.0. The minimum Gasteiger partial charge on any atom is -0.487 e. The first-order valence-electron chi connectivity index (χ1n) is 14.7. The molecule has 3 aliphatic carbocycles. The maximum Gasteiger partial charge on any atom is 0.422 e. The first-order chi connectivity index (χ1) is 21.0. The fourth-order valence-electron chi connectivity index (χ4n) is 4.97. The van der Waals surface area contributed by atoms with E-state index in [-0.39, 0.29) is 59.5 Å². The molecule has 0 radical (unpaired) electrons. The van der Waals surface area contributed by atoms with Crippen LogP contribution in [-0.2, 0) is 12.1 Å². The number of aliphatic hydroxyl groups is 1. The summed E-state index contributed by atoms with van der Waals surface area (Å²) in [6.45, 7) is -2.03. The van der Waals surface area contributed by atoms with Crippen molar-refractivity contribution in [3.05, 3.63) is 71.2 Å². The molecular formula is C32H33F4N3O5. The van der Waals surface area contributed by atoms with Crippen molar-refractivity contribution in [3.63, 3.8) is 0 Å². The van der Waals surface area contributed by atoms with Crippen LogP contribution in [0.15, 0.2) is 48.5 Å². The number of pyridine rings is 1. The van der Waals surface area contributed by atoms with Crippen LogP contribution in [0.4, 0.5) is 17.6 Å². The van der Waals surface area contributed by atoms with Gasteiger partial charge in [-0.1, -0.05) is 0 Å². The summed E-state index contributed by atoms with van der Waals surface area (Å²) in [6, 6.07) is 11.4. The van der Waals surface area contributed by atoms with Crippen LogP contribution in [0, 0.1) is 11.7 Å².